The van der Waals surface area contributed by atoms with E-state index in [-0.39, 0.29) is 33.4 Å². The summed E-state index contributed by atoms with van der Waals surface area (Å²) < 4.78 is 63.7. The van der Waals surface area contributed by atoms with E-state index in [0.29, 0.717) is 0 Å². The monoisotopic (exact) mass is 513 g/mol. The molecule has 2 aromatic carbocycles. The zero-order chi connectivity index (χ0) is 26.1. The van der Waals surface area contributed by atoms with Crippen molar-refractivity contribution < 1.29 is 36.6 Å². The molecule has 186 valence electrons. The first-order valence-corrected chi connectivity index (χ1v) is 10.5. The molecule has 0 unspecified atom stereocenters. The van der Waals surface area contributed by atoms with E-state index >= 15 is 0 Å². The SMILES string of the molecule is Cn1c(-c2ccc(OC(F)F)c(F)c2F)cnc1C(=O)Nc1ccc(C(=O)OC(C)(C)C)c(Cl)c1. The fourth-order valence-electron chi connectivity index (χ4n) is 3.07. The number of ether oxygens (including phenoxy) is 2. The third kappa shape index (κ3) is 5.91. The van der Waals surface area contributed by atoms with Crippen molar-refractivity contribution in [3.05, 3.63) is 64.6 Å². The number of alkyl halides is 2. The van der Waals surface area contributed by atoms with Gasteiger partial charge < -0.3 is 19.4 Å². The largest absolute Gasteiger partial charge is 0.456 e. The Kier molecular flexibility index (Phi) is 7.39. The van der Waals surface area contributed by atoms with Crippen LogP contribution in [0, 0.1) is 11.6 Å². The lowest BCUT2D eigenvalue weighted by Crippen LogP contribution is -2.24. The van der Waals surface area contributed by atoms with E-state index in [9.17, 15) is 27.2 Å². The van der Waals surface area contributed by atoms with Gasteiger partial charge in [0.15, 0.2) is 17.4 Å². The Labute approximate surface area is 202 Å². The maximum Gasteiger partial charge on any atom is 0.387 e. The van der Waals surface area contributed by atoms with Gasteiger partial charge in [-0.1, -0.05) is 11.6 Å². The molecule has 7 nitrogen and oxygen atoms in total. The predicted molar refractivity (Wildman–Crippen MR) is 120 cm³/mol. The van der Waals surface area contributed by atoms with Crippen LogP contribution in [0.3, 0.4) is 0 Å². The second-order valence-corrected chi connectivity index (χ2v) is 8.70. The highest BCUT2D eigenvalue weighted by molar-refractivity contribution is 6.34. The molecular weight excluding hydrogens is 494 g/mol. The zero-order valence-corrected chi connectivity index (χ0v) is 19.7. The Hall–Kier alpha value is -3.60. The van der Waals surface area contributed by atoms with E-state index in [0.717, 1.165) is 18.3 Å². The van der Waals surface area contributed by atoms with Crippen LogP contribution < -0.4 is 10.1 Å². The number of imidazole rings is 1. The molecule has 0 saturated heterocycles. The number of hydrogen-bond donors (Lipinski definition) is 1. The summed E-state index contributed by atoms with van der Waals surface area (Å²) in [4.78, 5) is 28.9. The number of esters is 1. The molecule has 0 fully saturated rings. The summed E-state index contributed by atoms with van der Waals surface area (Å²) in [5.74, 6) is -5.50. The number of benzene rings is 2. The van der Waals surface area contributed by atoms with Crippen molar-refractivity contribution in [3.8, 4) is 17.0 Å². The number of aromatic nitrogens is 2. The van der Waals surface area contributed by atoms with E-state index in [1.807, 2.05) is 0 Å². The number of carbonyl (C=O) groups is 2. The lowest BCUT2D eigenvalue weighted by Gasteiger charge is -2.20. The third-order valence-electron chi connectivity index (χ3n) is 4.58. The molecule has 35 heavy (non-hydrogen) atoms. The van der Waals surface area contributed by atoms with Gasteiger partial charge in [-0.25, -0.2) is 14.2 Å². The zero-order valence-electron chi connectivity index (χ0n) is 19.0. The molecule has 0 spiro atoms. The molecule has 3 aromatic rings. The molecule has 1 N–H and O–H groups in total. The van der Waals surface area contributed by atoms with Gasteiger partial charge in [0, 0.05) is 18.3 Å². The maximum atomic E-state index is 14.5. The van der Waals surface area contributed by atoms with Crippen LogP contribution in [0.5, 0.6) is 5.75 Å². The normalized spacial score (nSPS) is 11.5. The van der Waals surface area contributed by atoms with Gasteiger partial charge in [0.2, 0.25) is 5.82 Å². The number of hydrogen-bond acceptors (Lipinski definition) is 5. The summed E-state index contributed by atoms with van der Waals surface area (Å²) in [5.41, 5.74) is -0.684. The number of halogens is 5. The van der Waals surface area contributed by atoms with Crippen molar-refractivity contribution in [2.75, 3.05) is 5.32 Å². The molecule has 0 aliphatic heterocycles. The quantitative estimate of drug-likeness (QED) is 0.331. The minimum Gasteiger partial charge on any atom is -0.456 e. The molecule has 1 heterocycles. The minimum absolute atomic E-state index is 0.00783. The topological polar surface area (TPSA) is 82.5 Å². The van der Waals surface area contributed by atoms with Crippen LogP contribution in [0.25, 0.3) is 11.3 Å². The highest BCUT2D eigenvalue weighted by Crippen LogP contribution is 2.31. The lowest BCUT2D eigenvalue weighted by molar-refractivity contribution is -0.0525. The summed E-state index contributed by atoms with van der Waals surface area (Å²) in [6.07, 6.45) is 1.12. The Morgan fingerprint density at radius 2 is 1.80 bits per heavy atom. The Bertz CT molecular complexity index is 1290. The molecule has 0 bridgehead atoms. The highest BCUT2D eigenvalue weighted by atomic mass is 35.5. The van der Waals surface area contributed by atoms with Crippen molar-refractivity contribution in [1.82, 2.24) is 9.55 Å². The van der Waals surface area contributed by atoms with Crippen LogP contribution in [0.15, 0.2) is 36.5 Å². The van der Waals surface area contributed by atoms with Gasteiger partial charge >= 0.3 is 12.6 Å². The average molecular weight is 514 g/mol. The highest BCUT2D eigenvalue weighted by Gasteiger charge is 2.24. The van der Waals surface area contributed by atoms with Gasteiger partial charge in [0.25, 0.3) is 5.91 Å². The second kappa shape index (κ2) is 9.95. The van der Waals surface area contributed by atoms with Crippen LogP contribution in [-0.2, 0) is 11.8 Å². The van der Waals surface area contributed by atoms with Crippen LogP contribution in [0.2, 0.25) is 5.02 Å². The smallest absolute Gasteiger partial charge is 0.387 e. The summed E-state index contributed by atoms with van der Waals surface area (Å²) in [5, 5.41) is 2.59. The summed E-state index contributed by atoms with van der Waals surface area (Å²) in [7, 11) is 1.39. The van der Waals surface area contributed by atoms with Crippen molar-refractivity contribution in [2.45, 2.75) is 33.0 Å². The van der Waals surface area contributed by atoms with Crippen LogP contribution in [0.1, 0.15) is 41.7 Å². The second-order valence-electron chi connectivity index (χ2n) is 8.29. The van der Waals surface area contributed by atoms with E-state index in [1.165, 1.54) is 29.8 Å². The first-order valence-electron chi connectivity index (χ1n) is 10.1. The van der Waals surface area contributed by atoms with E-state index < -0.39 is 41.5 Å². The third-order valence-corrected chi connectivity index (χ3v) is 4.89. The van der Waals surface area contributed by atoms with Crippen LogP contribution in [0.4, 0.5) is 23.2 Å². The molecule has 0 aliphatic carbocycles. The maximum absolute atomic E-state index is 14.5. The van der Waals surface area contributed by atoms with Gasteiger partial charge in [-0.3, -0.25) is 4.79 Å². The molecule has 0 saturated carbocycles. The first kappa shape index (κ1) is 26.0. The van der Waals surface area contributed by atoms with Crippen molar-refractivity contribution in [2.24, 2.45) is 7.05 Å². The van der Waals surface area contributed by atoms with Gasteiger partial charge in [0.1, 0.15) is 5.60 Å². The van der Waals surface area contributed by atoms with Crippen LogP contribution >= 0.6 is 11.6 Å². The fourth-order valence-corrected chi connectivity index (χ4v) is 3.32. The molecule has 0 atom stereocenters. The van der Waals surface area contributed by atoms with Gasteiger partial charge in [0.05, 0.1) is 22.5 Å². The number of rotatable bonds is 6. The van der Waals surface area contributed by atoms with Crippen molar-refractivity contribution in [1.29, 1.82) is 0 Å². The fraction of sp³-hybridized carbons (Fsp3) is 0.261. The van der Waals surface area contributed by atoms with Crippen LogP contribution in [-0.4, -0.2) is 33.6 Å². The molecule has 12 heteroatoms. The van der Waals surface area contributed by atoms with Crippen molar-refractivity contribution in [3.63, 3.8) is 0 Å². The molecule has 1 aromatic heterocycles. The number of amides is 1. The summed E-state index contributed by atoms with van der Waals surface area (Å²) in [6, 6.07) is 6.05. The number of nitrogens with zero attached hydrogens (tertiary/aromatic N) is 2. The number of nitrogens with one attached hydrogen (secondary N) is 1. The van der Waals surface area contributed by atoms with E-state index in [4.69, 9.17) is 16.3 Å². The average Bonchev–Trinajstić information content (AvgIpc) is 3.11. The molecule has 0 radical (unpaired) electrons. The van der Waals surface area contributed by atoms with E-state index in [1.54, 1.807) is 20.8 Å². The minimum atomic E-state index is -3.33. The molecule has 1 amide bonds. The summed E-state index contributed by atoms with van der Waals surface area (Å²) >= 11 is 6.17. The number of carbonyl (C=O) groups excluding carboxylic acids is 2. The molecule has 3 rings (SSSR count). The van der Waals surface area contributed by atoms with Crippen molar-refractivity contribution >= 4 is 29.2 Å². The summed E-state index contributed by atoms with van der Waals surface area (Å²) in [6.45, 7) is 1.80. The molecular formula is C23H20ClF4N3O4. The Morgan fingerprint density at radius 1 is 1.11 bits per heavy atom. The standard InChI is InChI=1S/C23H20ClF4N3O4/c1-23(2,3)35-21(33)12-6-5-11(9-14(12)24)30-20(32)19-29-10-15(31(19)4)13-7-8-16(34-22(27)28)18(26)17(13)25/h5-10,22H,1-4H3,(H,30,32). The van der Waals surface area contributed by atoms with E-state index in [2.05, 4.69) is 15.0 Å². The Morgan fingerprint density at radius 3 is 2.40 bits per heavy atom. The predicted octanol–water partition coefficient (Wildman–Crippen LogP) is 5.83. The Balaban J connectivity index is 1.82. The number of anilines is 1. The first-order chi connectivity index (χ1) is 16.3. The van der Waals surface area contributed by atoms with Gasteiger partial charge in [-0.15, -0.1) is 0 Å². The molecule has 0 aliphatic rings. The van der Waals surface area contributed by atoms with Gasteiger partial charge in [-0.2, -0.15) is 13.2 Å². The van der Waals surface area contributed by atoms with Gasteiger partial charge in [-0.05, 0) is 51.1 Å². The lowest BCUT2D eigenvalue weighted by atomic mass is 10.1.